The second kappa shape index (κ2) is 9.25. The summed E-state index contributed by atoms with van der Waals surface area (Å²) in [6.45, 7) is 5.63. The molecule has 0 aliphatic carbocycles. The summed E-state index contributed by atoms with van der Waals surface area (Å²) in [5.74, 6) is 1.59. The predicted molar refractivity (Wildman–Crippen MR) is 84.7 cm³/mol. The average molecular weight is 290 g/mol. The van der Waals surface area contributed by atoms with E-state index >= 15 is 0 Å². The van der Waals surface area contributed by atoms with Gasteiger partial charge in [-0.2, -0.15) is 5.26 Å². The maximum atomic E-state index is 9.42. The minimum Gasteiger partial charge on any atom is -0.497 e. The van der Waals surface area contributed by atoms with Gasteiger partial charge in [0.25, 0.3) is 0 Å². The fourth-order valence-electron chi connectivity index (χ4n) is 2.18. The molecule has 1 N–H and O–H groups in total. The third-order valence-corrected chi connectivity index (χ3v) is 3.59. The number of nitriles is 1. The van der Waals surface area contributed by atoms with Gasteiger partial charge in [-0.25, -0.2) is 0 Å². The van der Waals surface area contributed by atoms with Crippen LogP contribution in [0.4, 0.5) is 0 Å². The number of ether oxygens (including phenoxy) is 2. The Kier molecular flexibility index (Phi) is 7.63. The van der Waals surface area contributed by atoms with Crippen LogP contribution in [0.5, 0.6) is 11.5 Å². The molecule has 4 nitrogen and oxygen atoms in total. The van der Waals surface area contributed by atoms with E-state index in [1.54, 1.807) is 7.11 Å². The van der Waals surface area contributed by atoms with E-state index in [1.807, 2.05) is 24.3 Å². The molecule has 0 heterocycles. The maximum Gasteiger partial charge on any atom is 0.122 e. The normalized spacial score (nSPS) is 13.2. The van der Waals surface area contributed by atoms with E-state index in [0.29, 0.717) is 6.61 Å². The second-order valence-corrected chi connectivity index (χ2v) is 5.11. The third-order valence-electron chi connectivity index (χ3n) is 3.59. The van der Waals surface area contributed by atoms with Gasteiger partial charge in [0.2, 0.25) is 0 Å². The van der Waals surface area contributed by atoms with Crippen molar-refractivity contribution in [2.45, 2.75) is 45.1 Å². The summed E-state index contributed by atoms with van der Waals surface area (Å²) in [6.07, 6.45) is 3.48. The zero-order chi connectivity index (χ0) is 15.6. The summed E-state index contributed by atoms with van der Waals surface area (Å²) in [4.78, 5) is 0. The number of nitrogens with one attached hydrogen (secondary N) is 1. The van der Waals surface area contributed by atoms with Crippen molar-refractivity contribution >= 4 is 0 Å². The van der Waals surface area contributed by atoms with Crippen molar-refractivity contribution in [3.05, 3.63) is 24.3 Å². The van der Waals surface area contributed by atoms with Gasteiger partial charge >= 0.3 is 0 Å². The molecule has 4 heteroatoms. The lowest BCUT2D eigenvalue weighted by molar-refractivity contribution is 0.275. The molecule has 0 aliphatic heterocycles. The lowest BCUT2D eigenvalue weighted by Crippen LogP contribution is -2.44. The lowest BCUT2D eigenvalue weighted by Gasteiger charge is -2.26. The molecule has 1 rings (SSSR count). The van der Waals surface area contributed by atoms with Crippen LogP contribution >= 0.6 is 0 Å². The van der Waals surface area contributed by atoms with Crippen LogP contribution in [-0.4, -0.2) is 25.8 Å². The van der Waals surface area contributed by atoms with Gasteiger partial charge in [-0.05, 0) is 44.4 Å². The van der Waals surface area contributed by atoms with Crippen LogP contribution in [0.15, 0.2) is 24.3 Å². The SMILES string of the molecule is CCCNC(C#N)(CC)CCCOc1cccc(OC)c1. The molecule has 116 valence electrons. The van der Waals surface area contributed by atoms with Crippen LogP contribution in [0.25, 0.3) is 0 Å². The topological polar surface area (TPSA) is 54.3 Å². The standard InChI is InChI=1S/C17H26N2O2/c1-4-11-19-17(5-2,14-18)10-7-12-21-16-9-6-8-15(13-16)20-3/h6,8-9,13,19H,4-5,7,10-12H2,1-3H3. The summed E-state index contributed by atoms with van der Waals surface area (Å²) in [5.41, 5.74) is -0.423. The highest BCUT2D eigenvalue weighted by atomic mass is 16.5. The molecular weight excluding hydrogens is 264 g/mol. The van der Waals surface area contributed by atoms with Gasteiger partial charge in [0.1, 0.15) is 17.0 Å². The second-order valence-electron chi connectivity index (χ2n) is 5.11. The number of hydrogen-bond donors (Lipinski definition) is 1. The van der Waals surface area contributed by atoms with Crippen LogP contribution < -0.4 is 14.8 Å². The minimum absolute atomic E-state index is 0.423. The Morgan fingerprint density at radius 2 is 2.05 bits per heavy atom. The van der Waals surface area contributed by atoms with Crippen molar-refractivity contribution < 1.29 is 9.47 Å². The first kappa shape index (κ1) is 17.3. The van der Waals surface area contributed by atoms with Crippen LogP contribution in [-0.2, 0) is 0 Å². The highest BCUT2D eigenvalue weighted by Gasteiger charge is 2.26. The van der Waals surface area contributed by atoms with Gasteiger partial charge < -0.3 is 9.47 Å². The summed E-state index contributed by atoms with van der Waals surface area (Å²) in [7, 11) is 1.64. The smallest absolute Gasteiger partial charge is 0.122 e. The first-order valence-electron chi connectivity index (χ1n) is 7.63. The zero-order valence-electron chi connectivity index (χ0n) is 13.3. The molecule has 0 radical (unpaired) electrons. The summed E-state index contributed by atoms with van der Waals surface area (Å²) >= 11 is 0. The number of benzene rings is 1. The minimum atomic E-state index is -0.423. The van der Waals surface area contributed by atoms with Crippen molar-refractivity contribution in [3.63, 3.8) is 0 Å². The molecule has 1 aromatic carbocycles. The van der Waals surface area contributed by atoms with Gasteiger partial charge in [0.15, 0.2) is 0 Å². The highest BCUT2D eigenvalue weighted by Crippen LogP contribution is 2.20. The Bertz CT molecular complexity index is 456. The Morgan fingerprint density at radius 3 is 2.67 bits per heavy atom. The van der Waals surface area contributed by atoms with E-state index in [9.17, 15) is 5.26 Å². The summed E-state index contributed by atoms with van der Waals surface area (Å²) in [6, 6.07) is 10.0. The van der Waals surface area contributed by atoms with Gasteiger partial charge in [0.05, 0.1) is 19.8 Å². The quantitative estimate of drug-likeness (QED) is 0.670. The van der Waals surface area contributed by atoms with E-state index in [4.69, 9.17) is 9.47 Å². The average Bonchev–Trinajstić information content (AvgIpc) is 2.55. The largest absolute Gasteiger partial charge is 0.497 e. The molecular formula is C17H26N2O2. The monoisotopic (exact) mass is 290 g/mol. The molecule has 1 aromatic rings. The number of rotatable bonds is 10. The van der Waals surface area contributed by atoms with E-state index < -0.39 is 5.54 Å². The van der Waals surface area contributed by atoms with Crippen LogP contribution in [0, 0.1) is 11.3 Å². The van der Waals surface area contributed by atoms with Crippen LogP contribution in [0.1, 0.15) is 39.5 Å². The highest BCUT2D eigenvalue weighted by molar-refractivity contribution is 5.32. The Labute approximate surface area is 128 Å². The number of hydrogen-bond acceptors (Lipinski definition) is 4. The van der Waals surface area contributed by atoms with Crippen LogP contribution in [0.3, 0.4) is 0 Å². The van der Waals surface area contributed by atoms with E-state index in [0.717, 1.165) is 43.7 Å². The molecule has 0 fully saturated rings. The molecule has 0 amide bonds. The van der Waals surface area contributed by atoms with Gasteiger partial charge in [-0.15, -0.1) is 0 Å². The molecule has 0 spiro atoms. The fraction of sp³-hybridized carbons (Fsp3) is 0.588. The van der Waals surface area contributed by atoms with Gasteiger partial charge in [0, 0.05) is 6.07 Å². The van der Waals surface area contributed by atoms with E-state index in [-0.39, 0.29) is 0 Å². The van der Waals surface area contributed by atoms with Crippen molar-refractivity contribution in [2.75, 3.05) is 20.3 Å². The molecule has 0 saturated heterocycles. The van der Waals surface area contributed by atoms with Gasteiger partial charge in [-0.1, -0.05) is 19.9 Å². The zero-order valence-corrected chi connectivity index (χ0v) is 13.3. The Morgan fingerprint density at radius 1 is 1.29 bits per heavy atom. The Balaban J connectivity index is 2.42. The summed E-state index contributed by atoms with van der Waals surface area (Å²) in [5, 5.41) is 12.8. The lowest BCUT2D eigenvalue weighted by atomic mass is 9.92. The molecule has 0 saturated carbocycles. The van der Waals surface area contributed by atoms with E-state index in [2.05, 4.69) is 25.2 Å². The molecule has 0 aliphatic rings. The predicted octanol–water partition coefficient (Wildman–Crippen LogP) is 3.53. The first-order chi connectivity index (χ1) is 10.2. The van der Waals surface area contributed by atoms with Crippen molar-refractivity contribution in [3.8, 4) is 17.6 Å². The van der Waals surface area contributed by atoms with Crippen molar-refractivity contribution in [2.24, 2.45) is 0 Å². The van der Waals surface area contributed by atoms with Crippen LogP contribution in [0.2, 0.25) is 0 Å². The molecule has 1 unspecified atom stereocenters. The van der Waals surface area contributed by atoms with Crippen molar-refractivity contribution in [1.82, 2.24) is 5.32 Å². The Hall–Kier alpha value is -1.73. The molecule has 0 aromatic heterocycles. The van der Waals surface area contributed by atoms with Crippen molar-refractivity contribution in [1.29, 1.82) is 5.26 Å². The molecule has 0 bridgehead atoms. The third kappa shape index (κ3) is 5.65. The summed E-state index contributed by atoms with van der Waals surface area (Å²) < 4.78 is 10.9. The molecule has 21 heavy (non-hydrogen) atoms. The van der Waals surface area contributed by atoms with Gasteiger partial charge in [-0.3, -0.25) is 5.32 Å². The first-order valence-corrected chi connectivity index (χ1v) is 7.63. The van der Waals surface area contributed by atoms with E-state index in [1.165, 1.54) is 0 Å². The fourth-order valence-corrected chi connectivity index (χ4v) is 2.18. The maximum absolute atomic E-state index is 9.42. The number of nitrogens with zero attached hydrogens (tertiary/aromatic N) is 1. The molecule has 1 atom stereocenters. The number of methoxy groups -OCH3 is 1.